The Bertz CT molecular complexity index is 2940. The molecular weight excluding hydrogens is 655 g/mol. The molecule has 0 bridgehead atoms. The van der Waals surface area contributed by atoms with Crippen LogP contribution in [0.1, 0.15) is 22.9 Å². The molecule has 0 spiro atoms. The van der Waals surface area contributed by atoms with Crippen LogP contribution in [0, 0.1) is 0 Å². The third-order valence-electron chi connectivity index (χ3n) is 10.5. The van der Waals surface area contributed by atoms with Crippen LogP contribution in [-0.2, 0) is 0 Å². The predicted molar refractivity (Wildman–Crippen MR) is 227 cm³/mol. The van der Waals surface area contributed by atoms with Crippen LogP contribution in [0.3, 0.4) is 0 Å². The molecule has 1 unspecified atom stereocenters. The third kappa shape index (κ3) is 6.12. The van der Waals surface area contributed by atoms with Crippen molar-refractivity contribution in [2.45, 2.75) is 6.17 Å². The van der Waals surface area contributed by atoms with Gasteiger partial charge in [0, 0.05) is 11.1 Å². The minimum atomic E-state index is -0.346. The summed E-state index contributed by atoms with van der Waals surface area (Å²) in [7, 11) is 0. The van der Waals surface area contributed by atoms with Crippen LogP contribution in [0.4, 0.5) is 0 Å². The fourth-order valence-electron chi connectivity index (χ4n) is 7.57. The van der Waals surface area contributed by atoms with Gasteiger partial charge in [0.05, 0.1) is 0 Å². The van der Waals surface area contributed by atoms with Gasteiger partial charge >= 0.3 is 0 Å². The molecule has 54 heavy (non-hydrogen) atoms. The van der Waals surface area contributed by atoms with E-state index >= 15 is 0 Å². The van der Waals surface area contributed by atoms with Crippen molar-refractivity contribution in [3.63, 3.8) is 0 Å². The molecule has 1 atom stereocenters. The number of hydrogen-bond acceptors (Lipinski definition) is 3. The van der Waals surface area contributed by atoms with E-state index in [1.165, 1.54) is 43.4 Å². The monoisotopic (exact) mass is 689 g/mol. The summed E-state index contributed by atoms with van der Waals surface area (Å²) in [6, 6.07) is 71.4. The maximum absolute atomic E-state index is 5.30. The van der Waals surface area contributed by atoms with Gasteiger partial charge in [-0.3, -0.25) is 0 Å². The molecular formula is C51H35N3. The highest BCUT2D eigenvalue weighted by atomic mass is 15.2. The lowest BCUT2D eigenvalue weighted by molar-refractivity contribution is 0.674. The van der Waals surface area contributed by atoms with Crippen molar-refractivity contribution < 1.29 is 0 Å². The molecule has 1 heterocycles. The Hall–Kier alpha value is -7.10. The minimum absolute atomic E-state index is 0.346. The summed E-state index contributed by atoms with van der Waals surface area (Å²) in [6.45, 7) is 0. The van der Waals surface area contributed by atoms with Gasteiger partial charge in [-0.25, -0.2) is 9.98 Å². The topological polar surface area (TPSA) is 36.8 Å². The second-order valence-electron chi connectivity index (χ2n) is 13.9. The van der Waals surface area contributed by atoms with Crippen LogP contribution in [0.25, 0.3) is 65.7 Å². The van der Waals surface area contributed by atoms with Gasteiger partial charge < -0.3 is 5.32 Å². The van der Waals surface area contributed by atoms with E-state index in [1.807, 2.05) is 0 Å². The SMILES string of the molecule is c1cc(C2=NC(c3cccc(-c4ccc5ccccc5c4)c3)NC(c3cccc(-c4ccc5ccccc5c4)c3)=N2)cc(-c2ccc3ccccc3c2)c1. The highest BCUT2D eigenvalue weighted by molar-refractivity contribution is 6.13. The molecule has 1 aliphatic heterocycles. The van der Waals surface area contributed by atoms with Gasteiger partial charge in [-0.15, -0.1) is 0 Å². The van der Waals surface area contributed by atoms with Gasteiger partial charge in [0.1, 0.15) is 12.0 Å². The normalized spacial score (nSPS) is 14.1. The summed E-state index contributed by atoms with van der Waals surface area (Å²) in [4.78, 5) is 10.5. The Balaban J connectivity index is 1.06. The Kier molecular flexibility index (Phi) is 7.88. The average molecular weight is 690 g/mol. The van der Waals surface area contributed by atoms with E-state index in [2.05, 4.69) is 206 Å². The maximum atomic E-state index is 5.30. The molecule has 254 valence electrons. The minimum Gasteiger partial charge on any atom is -0.344 e. The van der Waals surface area contributed by atoms with Gasteiger partial charge in [0.15, 0.2) is 5.84 Å². The first kappa shape index (κ1) is 31.6. The molecule has 3 heteroatoms. The van der Waals surface area contributed by atoms with Gasteiger partial charge in [-0.2, -0.15) is 0 Å². The number of fused-ring (bicyclic) bond motifs is 3. The summed E-state index contributed by atoms with van der Waals surface area (Å²) >= 11 is 0. The highest BCUT2D eigenvalue weighted by Gasteiger charge is 2.22. The Morgan fingerprint density at radius 2 is 0.722 bits per heavy atom. The van der Waals surface area contributed by atoms with Crippen LogP contribution >= 0.6 is 0 Å². The van der Waals surface area contributed by atoms with Crippen LogP contribution in [-0.4, -0.2) is 11.7 Å². The lowest BCUT2D eigenvalue weighted by Crippen LogP contribution is -2.33. The summed E-state index contributed by atoms with van der Waals surface area (Å²) in [6.07, 6.45) is -0.346. The van der Waals surface area contributed by atoms with Gasteiger partial charge in [-0.1, -0.05) is 164 Å². The smallest absolute Gasteiger partial charge is 0.159 e. The maximum Gasteiger partial charge on any atom is 0.159 e. The lowest BCUT2D eigenvalue weighted by atomic mass is 9.97. The van der Waals surface area contributed by atoms with Crippen molar-refractivity contribution in [1.82, 2.24) is 5.32 Å². The lowest BCUT2D eigenvalue weighted by Gasteiger charge is -2.24. The Morgan fingerprint density at radius 1 is 0.315 bits per heavy atom. The number of nitrogens with zero attached hydrogens (tertiary/aromatic N) is 2. The number of aliphatic imine (C=N–C) groups is 2. The number of rotatable bonds is 6. The molecule has 0 saturated heterocycles. The first-order valence-corrected chi connectivity index (χ1v) is 18.4. The molecule has 10 rings (SSSR count). The zero-order valence-corrected chi connectivity index (χ0v) is 29.5. The second kappa shape index (κ2) is 13.5. The molecule has 9 aromatic rings. The molecule has 1 N–H and O–H groups in total. The molecule has 0 fully saturated rings. The quantitative estimate of drug-likeness (QED) is 0.185. The van der Waals surface area contributed by atoms with E-state index in [0.29, 0.717) is 5.84 Å². The van der Waals surface area contributed by atoms with Crippen LogP contribution in [0.5, 0.6) is 0 Å². The zero-order valence-electron chi connectivity index (χ0n) is 29.5. The molecule has 9 aromatic carbocycles. The third-order valence-corrected chi connectivity index (χ3v) is 10.5. The Labute approximate surface area is 314 Å². The predicted octanol–water partition coefficient (Wildman–Crippen LogP) is 12.6. The highest BCUT2D eigenvalue weighted by Crippen LogP contribution is 2.32. The van der Waals surface area contributed by atoms with Gasteiger partial charge in [-0.05, 0) is 108 Å². The standard InChI is InChI=1S/C51H35N3/c1-4-13-37-28-43(25-22-34(37)10-1)40-16-7-19-46(31-40)49-52-50(47-20-8-17-41(32-47)44-26-23-35-11-2-5-14-38(35)29-44)54-51(53-49)48-21-9-18-42(33-48)45-27-24-36-12-3-6-15-39(36)30-45/h1-33,49H,(H,52,53,54). The van der Waals surface area contributed by atoms with E-state index < -0.39 is 0 Å². The van der Waals surface area contributed by atoms with Crippen molar-refractivity contribution in [3.8, 4) is 33.4 Å². The first-order valence-electron chi connectivity index (χ1n) is 18.4. The van der Waals surface area contributed by atoms with Crippen molar-refractivity contribution in [1.29, 1.82) is 0 Å². The molecule has 1 aliphatic rings. The summed E-state index contributed by atoms with van der Waals surface area (Å²) in [5, 5.41) is 11.1. The van der Waals surface area contributed by atoms with E-state index in [9.17, 15) is 0 Å². The summed E-state index contributed by atoms with van der Waals surface area (Å²) < 4.78 is 0. The molecule has 3 nitrogen and oxygen atoms in total. The Morgan fingerprint density at radius 3 is 1.26 bits per heavy atom. The molecule has 0 amide bonds. The number of amidine groups is 2. The summed E-state index contributed by atoms with van der Waals surface area (Å²) in [5.41, 5.74) is 9.98. The van der Waals surface area contributed by atoms with Crippen molar-refractivity contribution in [2.75, 3.05) is 0 Å². The fourth-order valence-corrected chi connectivity index (χ4v) is 7.57. The first-order chi connectivity index (χ1) is 26.7. The molecule has 0 aromatic heterocycles. The van der Waals surface area contributed by atoms with Gasteiger partial charge in [0.2, 0.25) is 0 Å². The molecule has 0 saturated carbocycles. The van der Waals surface area contributed by atoms with Crippen LogP contribution in [0.2, 0.25) is 0 Å². The van der Waals surface area contributed by atoms with Crippen LogP contribution < -0.4 is 5.32 Å². The van der Waals surface area contributed by atoms with E-state index in [-0.39, 0.29) is 6.17 Å². The zero-order chi connectivity index (χ0) is 35.8. The summed E-state index contributed by atoms with van der Waals surface area (Å²) in [5.74, 6) is 1.49. The van der Waals surface area contributed by atoms with E-state index in [0.717, 1.165) is 44.8 Å². The second-order valence-corrected chi connectivity index (χ2v) is 13.9. The van der Waals surface area contributed by atoms with Crippen molar-refractivity contribution in [2.24, 2.45) is 9.98 Å². The van der Waals surface area contributed by atoms with Crippen molar-refractivity contribution >= 4 is 44.0 Å². The number of nitrogens with one attached hydrogen (secondary N) is 1. The van der Waals surface area contributed by atoms with Crippen molar-refractivity contribution in [3.05, 3.63) is 217 Å². The number of benzene rings is 9. The molecule has 0 radical (unpaired) electrons. The molecule has 0 aliphatic carbocycles. The largest absolute Gasteiger partial charge is 0.344 e. The average Bonchev–Trinajstić information content (AvgIpc) is 3.26. The number of hydrogen-bond donors (Lipinski definition) is 1. The van der Waals surface area contributed by atoms with Crippen LogP contribution in [0.15, 0.2) is 210 Å². The van der Waals surface area contributed by atoms with Gasteiger partial charge in [0.25, 0.3) is 0 Å². The fraction of sp³-hybridized carbons (Fsp3) is 0.0196. The van der Waals surface area contributed by atoms with E-state index in [4.69, 9.17) is 9.98 Å². The van der Waals surface area contributed by atoms with E-state index in [1.54, 1.807) is 0 Å².